The second kappa shape index (κ2) is 6.41. The molecule has 0 aromatic heterocycles. The smallest absolute Gasteiger partial charge is 0.258 e. The van der Waals surface area contributed by atoms with Crippen molar-refractivity contribution in [1.82, 2.24) is 0 Å². The summed E-state index contributed by atoms with van der Waals surface area (Å²) in [6, 6.07) is 0. The summed E-state index contributed by atoms with van der Waals surface area (Å²) in [5.41, 5.74) is 0.501. The normalized spacial score (nSPS) is 37.6. The van der Waals surface area contributed by atoms with Gasteiger partial charge in [-0.25, -0.2) is 0 Å². The van der Waals surface area contributed by atoms with Crippen LogP contribution in [0.2, 0.25) is 0 Å². The first-order valence-electron chi connectivity index (χ1n) is 8.85. The van der Waals surface area contributed by atoms with Crippen LogP contribution in [0.25, 0.3) is 0 Å². The highest BCUT2D eigenvalue weighted by molar-refractivity contribution is 5.83. The van der Waals surface area contributed by atoms with Gasteiger partial charge in [-0.05, 0) is 45.4 Å². The predicted octanol–water partition coefficient (Wildman–Crippen LogP) is 3.81. The number of nitrogens with zero attached hydrogens (tertiary/aromatic N) is 2. The maximum absolute atomic E-state index is 11.6. The molecule has 0 radical (unpaired) electrons. The molecule has 0 spiro atoms. The van der Waals surface area contributed by atoms with E-state index in [0.717, 1.165) is 18.6 Å². The van der Waals surface area contributed by atoms with Crippen molar-refractivity contribution < 1.29 is 14.4 Å². The van der Waals surface area contributed by atoms with Crippen LogP contribution in [0.3, 0.4) is 0 Å². The molecule has 0 aromatic carbocycles. The summed E-state index contributed by atoms with van der Waals surface area (Å²) in [4.78, 5) is 16.0. The maximum Gasteiger partial charge on any atom is 0.258 e. The first-order valence-corrected chi connectivity index (χ1v) is 8.85. The molecule has 3 fully saturated rings. The molecule has 0 amide bonds. The third kappa shape index (κ3) is 3.68. The van der Waals surface area contributed by atoms with Crippen LogP contribution in [0.1, 0.15) is 47.0 Å². The van der Waals surface area contributed by atoms with E-state index in [-0.39, 0.29) is 33.8 Å². The van der Waals surface area contributed by atoms with Gasteiger partial charge in [0.1, 0.15) is 5.76 Å². The van der Waals surface area contributed by atoms with E-state index < -0.39 is 0 Å². The van der Waals surface area contributed by atoms with Crippen LogP contribution < -0.4 is 0 Å². The molecule has 136 valence electrons. The second-order valence-corrected chi connectivity index (χ2v) is 7.92. The second-order valence-electron chi connectivity index (χ2n) is 7.92. The highest BCUT2D eigenvalue weighted by Crippen LogP contribution is 2.53. The number of hydrogen-bond acceptors (Lipinski definition) is 5. The van der Waals surface area contributed by atoms with Crippen molar-refractivity contribution in [2.24, 2.45) is 10.9 Å². The number of rotatable bonds is 5. The zero-order chi connectivity index (χ0) is 18.2. The number of nitro groups is 1. The van der Waals surface area contributed by atoms with Crippen molar-refractivity contribution in [3.63, 3.8) is 0 Å². The molecule has 1 saturated carbocycles. The Labute approximate surface area is 148 Å². The zero-order valence-electron chi connectivity index (χ0n) is 15.3. The maximum atomic E-state index is 11.6. The summed E-state index contributed by atoms with van der Waals surface area (Å²) in [6.45, 7) is 8.48. The number of allylic oxidation sites excluding steroid dienone is 5. The van der Waals surface area contributed by atoms with E-state index in [1.54, 1.807) is 18.4 Å². The van der Waals surface area contributed by atoms with Gasteiger partial charge >= 0.3 is 0 Å². The minimum absolute atomic E-state index is 0.0528. The third-order valence-electron chi connectivity index (χ3n) is 5.00. The van der Waals surface area contributed by atoms with Crippen LogP contribution in [0.4, 0.5) is 0 Å². The lowest BCUT2D eigenvalue weighted by Gasteiger charge is -2.39. The lowest BCUT2D eigenvalue weighted by Crippen LogP contribution is -2.45. The molecule has 2 saturated heterocycles. The van der Waals surface area contributed by atoms with Gasteiger partial charge in [0.15, 0.2) is 0 Å². The Kier molecular flexibility index (Phi) is 4.58. The summed E-state index contributed by atoms with van der Waals surface area (Å²) in [6.07, 6.45) is 9.52. The van der Waals surface area contributed by atoms with E-state index in [2.05, 4.69) is 6.92 Å². The van der Waals surface area contributed by atoms with Gasteiger partial charge in [0.05, 0.1) is 40.3 Å². The Morgan fingerprint density at radius 1 is 1.44 bits per heavy atom. The van der Waals surface area contributed by atoms with Gasteiger partial charge in [0, 0.05) is 19.1 Å². The SMILES string of the molecule is CC(C)OC1=CC[C@@H](C)/C([N+](=O)[O-])=C(/C=NC23COC(C)(C2)C3)C=C1. The van der Waals surface area contributed by atoms with Gasteiger partial charge < -0.3 is 9.47 Å². The van der Waals surface area contributed by atoms with Crippen molar-refractivity contribution in [1.29, 1.82) is 0 Å². The van der Waals surface area contributed by atoms with Crippen LogP contribution in [-0.4, -0.2) is 35.0 Å². The van der Waals surface area contributed by atoms with Crippen molar-refractivity contribution in [3.05, 3.63) is 45.4 Å². The predicted molar refractivity (Wildman–Crippen MR) is 96.1 cm³/mol. The average Bonchev–Trinajstić information content (AvgIpc) is 2.97. The largest absolute Gasteiger partial charge is 0.491 e. The Balaban J connectivity index is 1.88. The van der Waals surface area contributed by atoms with Crippen LogP contribution >= 0.6 is 0 Å². The Morgan fingerprint density at radius 2 is 2.16 bits per heavy atom. The van der Waals surface area contributed by atoms with E-state index >= 15 is 0 Å². The molecule has 4 aliphatic rings. The van der Waals surface area contributed by atoms with E-state index in [0.29, 0.717) is 18.6 Å². The lowest BCUT2D eigenvalue weighted by molar-refractivity contribution is -0.433. The van der Waals surface area contributed by atoms with Crippen LogP contribution in [0.15, 0.2) is 40.2 Å². The fourth-order valence-electron chi connectivity index (χ4n) is 3.96. The standard InChI is InChI=1S/C19H26N2O4/c1-13(2)25-16-7-5-14(3)17(21(22)23)15(6-8-16)9-20-19-10-18(4,11-19)24-12-19/h6-9,13-14H,5,10-12H2,1-4H3/b8-6?,16-7?,17-15-,20-9?/t14-,18?,19?/m1/s1. The van der Waals surface area contributed by atoms with Crippen molar-refractivity contribution in [2.45, 2.75) is 64.2 Å². The molecule has 0 aromatic rings. The van der Waals surface area contributed by atoms with E-state index in [9.17, 15) is 10.1 Å². The number of aliphatic imine (C=N–C) groups is 1. The van der Waals surface area contributed by atoms with Gasteiger partial charge in [0.25, 0.3) is 5.70 Å². The molecule has 4 rings (SSSR count). The number of fused-ring (bicyclic) bond motifs is 1. The van der Waals surface area contributed by atoms with Gasteiger partial charge in [-0.15, -0.1) is 0 Å². The molecule has 0 N–H and O–H groups in total. The summed E-state index contributed by atoms with van der Waals surface area (Å²) < 4.78 is 11.5. The van der Waals surface area contributed by atoms with Crippen LogP contribution in [0.5, 0.6) is 0 Å². The van der Waals surface area contributed by atoms with E-state index in [4.69, 9.17) is 14.5 Å². The summed E-state index contributed by atoms with van der Waals surface area (Å²) in [5.74, 6) is 0.532. The van der Waals surface area contributed by atoms with Crippen molar-refractivity contribution >= 4 is 6.21 Å². The van der Waals surface area contributed by atoms with Crippen molar-refractivity contribution in [3.8, 4) is 0 Å². The number of hydrogen-bond donors (Lipinski definition) is 0. The summed E-state index contributed by atoms with van der Waals surface area (Å²) in [5, 5.41) is 11.6. The minimum Gasteiger partial charge on any atom is -0.491 e. The highest BCUT2D eigenvalue weighted by atomic mass is 16.6. The van der Waals surface area contributed by atoms with E-state index in [1.165, 1.54) is 0 Å². The molecule has 0 unspecified atom stereocenters. The topological polar surface area (TPSA) is 74.0 Å². The van der Waals surface area contributed by atoms with Crippen LogP contribution in [0, 0.1) is 16.0 Å². The molecular formula is C19H26N2O4. The van der Waals surface area contributed by atoms with E-state index in [1.807, 2.05) is 26.8 Å². The first-order chi connectivity index (χ1) is 11.7. The number of ether oxygens (including phenoxy) is 2. The summed E-state index contributed by atoms with van der Waals surface area (Å²) in [7, 11) is 0. The molecule has 1 atom stereocenters. The first kappa shape index (κ1) is 17.9. The Morgan fingerprint density at radius 3 is 2.72 bits per heavy atom. The monoisotopic (exact) mass is 346 g/mol. The van der Waals surface area contributed by atoms with Gasteiger partial charge in [0.2, 0.25) is 0 Å². The molecule has 2 aliphatic heterocycles. The Bertz CT molecular complexity index is 682. The molecular weight excluding hydrogens is 320 g/mol. The lowest BCUT2D eigenvalue weighted by atomic mass is 9.70. The molecule has 6 heteroatoms. The molecule has 25 heavy (non-hydrogen) atoms. The Hall–Kier alpha value is -1.95. The molecule has 2 heterocycles. The quantitative estimate of drug-likeness (QED) is 0.431. The molecule has 6 nitrogen and oxygen atoms in total. The molecule has 2 aliphatic carbocycles. The fraction of sp³-hybridized carbons (Fsp3) is 0.632. The van der Waals surface area contributed by atoms with Gasteiger partial charge in [-0.3, -0.25) is 15.1 Å². The molecule has 2 bridgehead atoms. The minimum atomic E-state index is -0.286. The average molecular weight is 346 g/mol. The van der Waals surface area contributed by atoms with Crippen LogP contribution in [-0.2, 0) is 9.47 Å². The highest BCUT2D eigenvalue weighted by Gasteiger charge is 2.59. The zero-order valence-corrected chi connectivity index (χ0v) is 15.3. The van der Waals surface area contributed by atoms with Gasteiger partial charge in [-0.1, -0.05) is 6.92 Å². The fourth-order valence-corrected chi connectivity index (χ4v) is 3.96. The van der Waals surface area contributed by atoms with Crippen molar-refractivity contribution in [2.75, 3.05) is 6.61 Å². The summed E-state index contributed by atoms with van der Waals surface area (Å²) >= 11 is 0. The van der Waals surface area contributed by atoms with Gasteiger partial charge in [-0.2, -0.15) is 0 Å². The third-order valence-corrected chi connectivity index (χ3v) is 5.00.